The molecule has 2 bridgehead atoms. The molecule has 8 nitrogen and oxygen atoms in total. The molecule has 5 aliphatic carbocycles. The maximum Gasteiger partial charge on any atom is 0.240 e. The van der Waals surface area contributed by atoms with Crippen molar-refractivity contribution in [2.75, 3.05) is 20.3 Å². The molecule has 1 amide bonds. The summed E-state index contributed by atoms with van der Waals surface area (Å²) in [5.41, 5.74) is 0.346. The van der Waals surface area contributed by atoms with E-state index in [9.17, 15) is 15.0 Å². The van der Waals surface area contributed by atoms with Crippen molar-refractivity contribution < 1.29 is 29.3 Å². The quantitative estimate of drug-likeness (QED) is 0.342. The van der Waals surface area contributed by atoms with Gasteiger partial charge >= 0.3 is 0 Å². The molecule has 6 rings (SSSR count). The molecule has 6 aliphatic rings. The Morgan fingerprint density at radius 2 is 1.83 bits per heavy atom. The molecule has 242 valence electrons. The molecule has 6 fully saturated rings. The maximum absolute atomic E-state index is 14.1. The predicted octanol–water partition coefficient (Wildman–Crippen LogP) is 4.56. The lowest BCUT2D eigenvalue weighted by Crippen LogP contribution is -2.62. The first-order valence-corrected chi connectivity index (χ1v) is 17.2. The van der Waals surface area contributed by atoms with Gasteiger partial charge in [-0.1, -0.05) is 33.6 Å². The van der Waals surface area contributed by atoms with Crippen molar-refractivity contribution in [3.8, 4) is 0 Å². The number of aliphatic hydroxyl groups excluding tert-OH is 2. The van der Waals surface area contributed by atoms with E-state index in [1.165, 1.54) is 19.3 Å². The molecule has 1 aliphatic heterocycles. The van der Waals surface area contributed by atoms with Gasteiger partial charge < -0.3 is 25.0 Å². The van der Waals surface area contributed by atoms with E-state index < -0.39 is 24.2 Å². The van der Waals surface area contributed by atoms with E-state index in [4.69, 9.17) is 14.3 Å². The third-order valence-corrected chi connectivity index (χ3v) is 12.5. The maximum atomic E-state index is 14.1. The number of methoxy groups -OCH3 is 1. The monoisotopic (exact) mass is 592 g/mol. The molecule has 8 heteroatoms. The Morgan fingerprint density at radius 1 is 1.10 bits per heavy atom. The SMILES string of the molecule is COC1C(CN2O[C@@H](CO)[C@H]([C@H](C)O)[C@H]2C(=O)N[C@H]2C[C@H]3C[C@@H]([C@@H]2C)C3(C)C)CCCC1C1CCCC(OC(C)C)C1. The highest BCUT2D eigenvalue weighted by Crippen LogP contribution is 2.61. The van der Waals surface area contributed by atoms with Gasteiger partial charge in [0, 0.05) is 31.5 Å². The first-order valence-electron chi connectivity index (χ1n) is 17.2. The van der Waals surface area contributed by atoms with Crippen molar-refractivity contribution in [1.29, 1.82) is 0 Å². The van der Waals surface area contributed by atoms with Crippen LogP contribution < -0.4 is 5.32 Å². The summed E-state index contributed by atoms with van der Waals surface area (Å²) in [5.74, 6) is 2.37. The molecule has 13 atom stereocenters. The molecular formula is C34H60N2O6. The van der Waals surface area contributed by atoms with Crippen LogP contribution in [0.25, 0.3) is 0 Å². The van der Waals surface area contributed by atoms with Gasteiger partial charge in [-0.2, -0.15) is 5.06 Å². The number of carbonyl (C=O) groups excluding carboxylic acids is 1. The summed E-state index contributed by atoms with van der Waals surface area (Å²) >= 11 is 0. The number of fused-ring (bicyclic) bond motifs is 2. The number of carbonyl (C=O) groups is 1. The summed E-state index contributed by atoms with van der Waals surface area (Å²) in [7, 11) is 1.84. The minimum absolute atomic E-state index is 0.0740. The number of hydrogen-bond donors (Lipinski definition) is 3. The predicted molar refractivity (Wildman–Crippen MR) is 162 cm³/mol. The molecule has 0 spiro atoms. The summed E-state index contributed by atoms with van der Waals surface area (Å²) in [6, 6.07) is -0.506. The van der Waals surface area contributed by atoms with Crippen LogP contribution in [0, 0.1) is 46.8 Å². The van der Waals surface area contributed by atoms with Crippen LogP contribution in [0.1, 0.15) is 99.3 Å². The zero-order chi connectivity index (χ0) is 30.3. The van der Waals surface area contributed by atoms with E-state index >= 15 is 0 Å². The molecule has 1 heterocycles. The van der Waals surface area contributed by atoms with E-state index in [1.54, 1.807) is 6.92 Å². The smallest absolute Gasteiger partial charge is 0.240 e. The fraction of sp³-hybridized carbons (Fsp3) is 0.971. The molecule has 0 aromatic carbocycles. The number of nitrogens with one attached hydrogen (secondary N) is 1. The molecule has 42 heavy (non-hydrogen) atoms. The largest absolute Gasteiger partial charge is 0.394 e. The number of rotatable bonds is 10. The first-order chi connectivity index (χ1) is 20.0. The molecule has 3 N–H and O–H groups in total. The van der Waals surface area contributed by atoms with Crippen LogP contribution in [0.4, 0.5) is 0 Å². The van der Waals surface area contributed by atoms with Crippen molar-refractivity contribution in [3.63, 3.8) is 0 Å². The Balaban J connectivity index is 1.30. The third kappa shape index (κ3) is 6.32. The number of aliphatic hydroxyl groups is 2. The lowest BCUT2D eigenvalue weighted by atomic mass is 9.45. The van der Waals surface area contributed by atoms with Gasteiger partial charge in [0.25, 0.3) is 0 Å². The van der Waals surface area contributed by atoms with E-state index in [1.807, 2.05) is 12.2 Å². The van der Waals surface area contributed by atoms with Crippen LogP contribution in [-0.2, 0) is 19.1 Å². The van der Waals surface area contributed by atoms with E-state index in [0.717, 1.165) is 38.5 Å². The molecule has 1 saturated heterocycles. The second-order valence-corrected chi connectivity index (χ2v) is 15.5. The second kappa shape index (κ2) is 13.3. The summed E-state index contributed by atoms with van der Waals surface area (Å²) in [6.45, 7) is 13.3. The van der Waals surface area contributed by atoms with E-state index in [-0.39, 0.29) is 36.7 Å². The van der Waals surface area contributed by atoms with Crippen LogP contribution in [0.2, 0.25) is 0 Å². The fourth-order valence-electron chi connectivity index (χ4n) is 10.2. The molecule has 5 saturated carbocycles. The van der Waals surface area contributed by atoms with Crippen molar-refractivity contribution in [1.82, 2.24) is 10.4 Å². The number of hydroxylamine groups is 2. The molecule has 0 radical (unpaired) electrons. The number of ether oxygens (including phenoxy) is 2. The van der Waals surface area contributed by atoms with Crippen molar-refractivity contribution >= 4 is 5.91 Å². The van der Waals surface area contributed by atoms with Crippen molar-refractivity contribution in [2.45, 2.75) is 142 Å². The summed E-state index contributed by atoms with van der Waals surface area (Å²) in [6.07, 6.45) is 9.49. The fourth-order valence-corrected chi connectivity index (χ4v) is 10.2. The first kappa shape index (κ1) is 32.6. The standard InChI is InChI=1S/C34H60N2O6/c1-19(2)41-25-12-8-10-22(14-25)26-13-9-11-23(32(26)40-7)17-36-31(30(21(4)38)29(18-37)42-36)33(39)35-28-16-24-15-27(20(28)3)34(24,5)6/h19-32,37-38H,8-18H2,1-7H3,(H,35,39)/t20-,21-,22?,23?,24+,25?,26?,27-,28-,29-,30-,31-,32?/m0/s1. The summed E-state index contributed by atoms with van der Waals surface area (Å²) in [5, 5.41) is 26.3. The van der Waals surface area contributed by atoms with Gasteiger partial charge in [-0.05, 0) is 101 Å². The van der Waals surface area contributed by atoms with Crippen molar-refractivity contribution in [3.05, 3.63) is 0 Å². The molecular weight excluding hydrogens is 532 g/mol. The Kier molecular flexibility index (Phi) is 10.3. The summed E-state index contributed by atoms with van der Waals surface area (Å²) in [4.78, 5) is 20.4. The number of amides is 1. The number of nitrogens with zero attached hydrogens (tertiary/aromatic N) is 1. The highest BCUT2D eigenvalue weighted by molar-refractivity contribution is 5.82. The molecule has 5 unspecified atom stereocenters. The molecule has 0 aromatic rings. The minimum atomic E-state index is -0.781. The van der Waals surface area contributed by atoms with Crippen LogP contribution >= 0.6 is 0 Å². The Labute approximate surface area is 254 Å². The third-order valence-electron chi connectivity index (χ3n) is 12.5. The van der Waals surface area contributed by atoms with Gasteiger partial charge in [-0.25, -0.2) is 0 Å². The Hall–Kier alpha value is -0.770. The Bertz CT molecular complexity index is 912. The minimum Gasteiger partial charge on any atom is -0.394 e. The topological polar surface area (TPSA) is 100 Å². The molecule has 0 aromatic heterocycles. The highest BCUT2D eigenvalue weighted by atomic mass is 16.7. The van der Waals surface area contributed by atoms with Gasteiger partial charge in [0.1, 0.15) is 12.1 Å². The highest BCUT2D eigenvalue weighted by Gasteiger charge is 2.57. The number of hydrogen-bond acceptors (Lipinski definition) is 7. The van der Waals surface area contributed by atoms with Gasteiger partial charge in [0.05, 0.1) is 31.0 Å². The average Bonchev–Trinajstić information content (AvgIpc) is 3.32. The van der Waals surface area contributed by atoms with Crippen LogP contribution in [0.15, 0.2) is 0 Å². The average molecular weight is 593 g/mol. The van der Waals surface area contributed by atoms with Gasteiger partial charge in [0.2, 0.25) is 5.91 Å². The van der Waals surface area contributed by atoms with Crippen LogP contribution in [0.3, 0.4) is 0 Å². The Morgan fingerprint density at radius 3 is 2.45 bits per heavy atom. The zero-order valence-corrected chi connectivity index (χ0v) is 27.3. The van der Waals surface area contributed by atoms with Crippen molar-refractivity contribution in [2.24, 2.45) is 46.8 Å². The van der Waals surface area contributed by atoms with Crippen LogP contribution in [-0.4, -0.2) is 84.0 Å². The van der Waals surface area contributed by atoms with Crippen LogP contribution in [0.5, 0.6) is 0 Å². The summed E-state index contributed by atoms with van der Waals surface area (Å²) < 4.78 is 12.5. The van der Waals surface area contributed by atoms with E-state index in [0.29, 0.717) is 47.7 Å². The van der Waals surface area contributed by atoms with Gasteiger partial charge in [-0.3, -0.25) is 9.63 Å². The lowest BCUT2D eigenvalue weighted by molar-refractivity contribution is -0.193. The van der Waals surface area contributed by atoms with Gasteiger partial charge in [0.15, 0.2) is 0 Å². The van der Waals surface area contributed by atoms with Gasteiger partial charge in [-0.15, -0.1) is 0 Å². The second-order valence-electron chi connectivity index (χ2n) is 15.5. The normalized spacial score (nSPS) is 44.5. The lowest BCUT2D eigenvalue weighted by Gasteiger charge is -2.62. The zero-order valence-electron chi connectivity index (χ0n) is 27.3. The van der Waals surface area contributed by atoms with E-state index in [2.05, 4.69) is 39.9 Å².